The number of nitrogens with zero attached hydrogens (tertiary/aromatic N) is 1. The van der Waals surface area contributed by atoms with Crippen molar-refractivity contribution in [1.82, 2.24) is 4.98 Å². The van der Waals surface area contributed by atoms with Gasteiger partial charge in [0.15, 0.2) is 5.76 Å². The van der Waals surface area contributed by atoms with Crippen LogP contribution in [0, 0.1) is 0 Å². The van der Waals surface area contributed by atoms with Gasteiger partial charge in [-0.2, -0.15) is 0 Å². The Balaban J connectivity index is 2.25. The summed E-state index contributed by atoms with van der Waals surface area (Å²) in [5.41, 5.74) is 0.995. The minimum atomic E-state index is 0.711. The topological polar surface area (TPSA) is 26.0 Å². The maximum Gasteiger partial charge on any atom is 0.256 e. The Kier molecular flexibility index (Phi) is 3.34. The third-order valence-electron chi connectivity index (χ3n) is 1.88. The molecule has 0 saturated heterocycles. The molecule has 0 aliphatic carbocycles. The van der Waals surface area contributed by atoms with Crippen LogP contribution in [-0.4, -0.2) is 10.7 Å². The summed E-state index contributed by atoms with van der Waals surface area (Å²) < 4.78 is 5.56. The summed E-state index contributed by atoms with van der Waals surface area (Å²) in [6.45, 7) is 2.07. The molecule has 1 heterocycles. The fraction of sp³-hybridized carbons (Fsp3) is 0.182. The van der Waals surface area contributed by atoms with Crippen LogP contribution in [-0.2, 0) is 0 Å². The van der Waals surface area contributed by atoms with E-state index < -0.39 is 0 Å². The Hall–Kier alpha value is -0.930. The zero-order valence-corrected chi connectivity index (χ0v) is 9.81. The molecule has 2 aromatic rings. The molecule has 0 saturated carbocycles. The highest BCUT2D eigenvalue weighted by Gasteiger charge is 2.05. The molecule has 1 aromatic carbocycles. The smallest absolute Gasteiger partial charge is 0.256 e. The number of halogens is 1. The second-order valence-electron chi connectivity index (χ2n) is 2.93. The SMILES string of the molecule is CCSc1ncc(-c2ccc(Cl)cc2)o1. The second kappa shape index (κ2) is 4.73. The number of thioether (sulfide) groups is 1. The molecule has 0 fully saturated rings. The number of rotatable bonds is 3. The van der Waals surface area contributed by atoms with E-state index >= 15 is 0 Å². The number of hydrogen-bond donors (Lipinski definition) is 0. The van der Waals surface area contributed by atoms with Crippen molar-refractivity contribution in [3.8, 4) is 11.3 Å². The lowest BCUT2D eigenvalue weighted by Gasteiger charge is -1.95. The van der Waals surface area contributed by atoms with Crippen molar-refractivity contribution in [2.24, 2.45) is 0 Å². The van der Waals surface area contributed by atoms with Crippen molar-refractivity contribution in [2.75, 3.05) is 5.75 Å². The van der Waals surface area contributed by atoms with Gasteiger partial charge in [0.1, 0.15) is 0 Å². The van der Waals surface area contributed by atoms with Crippen molar-refractivity contribution >= 4 is 23.4 Å². The first-order valence-corrected chi connectivity index (χ1v) is 6.00. The summed E-state index contributed by atoms with van der Waals surface area (Å²) in [5, 5.41) is 1.43. The third kappa shape index (κ3) is 2.55. The third-order valence-corrected chi connectivity index (χ3v) is 2.86. The van der Waals surface area contributed by atoms with Crippen LogP contribution in [0.5, 0.6) is 0 Å². The van der Waals surface area contributed by atoms with Crippen LogP contribution in [0.25, 0.3) is 11.3 Å². The zero-order chi connectivity index (χ0) is 10.7. The fourth-order valence-corrected chi connectivity index (χ4v) is 1.84. The Morgan fingerprint density at radius 2 is 2.07 bits per heavy atom. The van der Waals surface area contributed by atoms with Gasteiger partial charge in [-0.05, 0) is 30.0 Å². The van der Waals surface area contributed by atoms with Crippen molar-refractivity contribution in [2.45, 2.75) is 12.1 Å². The lowest BCUT2D eigenvalue weighted by Crippen LogP contribution is -1.72. The monoisotopic (exact) mass is 239 g/mol. The Labute approximate surface area is 97.7 Å². The molecular weight excluding hydrogens is 230 g/mol. The van der Waals surface area contributed by atoms with E-state index in [-0.39, 0.29) is 0 Å². The number of hydrogen-bond acceptors (Lipinski definition) is 3. The number of benzene rings is 1. The minimum Gasteiger partial charge on any atom is -0.431 e. The highest BCUT2D eigenvalue weighted by atomic mass is 35.5. The van der Waals surface area contributed by atoms with Crippen molar-refractivity contribution in [3.63, 3.8) is 0 Å². The first-order valence-electron chi connectivity index (χ1n) is 4.64. The Morgan fingerprint density at radius 3 is 2.73 bits per heavy atom. The molecule has 2 nitrogen and oxygen atoms in total. The lowest BCUT2D eigenvalue weighted by molar-refractivity contribution is 0.466. The molecule has 15 heavy (non-hydrogen) atoms. The molecule has 0 spiro atoms. The van der Waals surface area contributed by atoms with Crippen LogP contribution in [0.2, 0.25) is 5.02 Å². The quantitative estimate of drug-likeness (QED) is 0.754. The lowest BCUT2D eigenvalue weighted by atomic mass is 10.2. The molecular formula is C11H10ClNOS. The zero-order valence-electron chi connectivity index (χ0n) is 8.24. The van der Waals surface area contributed by atoms with Crippen LogP contribution in [0.1, 0.15) is 6.92 Å². The van der Waals surface area contributed by atoms with Gasteiger partial charge in [0, 0.05) is 10.6 Å². The van der Waals surface area contributed by atoms with E-state index in [1.165, 1.54) is 0 Å². The molecule has 0 atom stereocenters. The summed E-state index contributed by atoms with van der Waals surface area (Å²) in [4.78, 5) is 4.17. The van der Waals surface area contributed by atoms with Gasteiger partial charge in [0.05, 0.1) is 6.20 Å². The van der Waals surface area contributed by atoms with Crippen molar-refractivity contribution in [1.29, 1.82) is 0 Å². The first kappa shape index (κ1) is 10.6. The van der Waals surface area contributed by atoms with E-state index in [9.17, 15) is 0 Å². The highest BCUT2D eigenvalue weighted by molar-refractivity contribution is 7.99. The maximum absolute atomic E-state index is 5.80. The van der Waals surface area contributed by atoms with E-state index in [4.69, 9.17) is 16.0 Å². The largest absolute Gasteiger partial charge is 0.431 e. The van der Waals surface area contributed by atoms with E-state index in [0.29, 0.717) is 5.22 Å². The molecule has 2 rings (SSSR count). The van der Waals surface area contributed by atoms with Crippen LogP contribution < -0.4 is 0 Å². The van der Waals surface area contributed by atoms with Crippen LogP contribution >= 0.6 is 23.4 Å². The summed E-state index contributed by atoms with van der Waals surface area (Å²) in [6, 6.07) is 7.52. The van der Waals surface area contributed by atoms with E-state index in [0.717, 1.165) is 22.1 Å². The maximum atomic E-state index is 5.80. The predicted octanol–water partition coefficient (Wildman–Crippen LogP) is 4.11. The van der Waals surface area contributed by atoms with Gasteiger partial charge in [0.25, 0.3) is 5.22 Å². The van der Waals surface area contributed by atoms with Gasteiger partial charge >= 0.3 is 0 Å². The second-order valence-corrected chi connectivity index (χ2v) is 4.58. The van der Waals surface area contributed by atoms with Crippen LogP contribution in [0.3, 0.4) is 0 Å². The van der Waals surface area contributed by atoms with Crippen LogP contribution in [0.4, 0.5) is 0 Å². The molecule has 78 valence electrons. The molecule has 0 amide bonds. The summed E-state index contributed by atoms with van der Waals surface area (Å²) in [5.74, 6) is 1.74. The average Bonchev–Trinajstić information content (AvgIpc) is 2.68. The minimum absolute atomic E-state index is 0.711. The van der Waals surface area contributed by atoms with Crippen molar-refractivity contribution in [3.05, 3.63) is 35.5 Å². The number of oxazole rings is 1. The molecule has 0 radical (unpaired) electrons. The molecule has 0 bridgehead atoms. The Morgan fingerprint density at radius 1 is 1.33 bits per heavy atom. The molecule has 0 N–H and O–H groups in total. The summed E-state index contributed by atoms with van der Waals surface area (Å²) in [7, 11) is 0. The van der Waals surface area contributed by atoms with Gasteiger partial charge in [-0.1, -0.05) is 30.3 Å². The normalized spacial score (nSPS) is 10.5. The van der Waals surface area contributed by atoms with Gasteiger partial charge in [-0.25, -0.2) is 4.98 Å². The predicted molar refractivity (Wildman–Crippen MR) is 63.3 cm³/mol. The van der Waals surface area contributed by atoms with E-state index in [2.05, 4.69) is 11.9 Å². The van der Waals surface area contributed by atoms with Gasteiger partial charge in [0.2, 0.25) is 0 Å². The molecule has 0 aliphatic rings. The van der Waals surface area contributed by atoms with Crippen LogP contribution in [0.15, 0.2) is 40.1 Å². The molecule has 0 aliphatic heterocycles. The highest BCUT2D eigenvalue weighted by Crippen LogP contribution is 2.25. The molecule has 0 unspecified atom stereocenters. The average molecular weight is 240 g/mol. The Bertz CT molecular complexity index is 438. The van der Waals surface area contributed by atoms with Gasteiger partial charge < -0.3 is 4.42 Å². The standard InChI is InChI=1S/C11H10ClNOS/c1-2-15-11-13-7-10(14-11)8-3-5-9(12)6-4-8/h3-7H,2H2,1H3. The van der Waals surface area contributed by atoms with E-state index in [1.807, 2.05) is 24.3 Å². The van der Waals surface area contributed by atoms with Gasteiger partial charge in [-0.3, -0.25) is 0 Å². The van der Waals surface area contributed by atoms with Crippen molar-refractivity contribution < 1.29 is 4.42 Å². The summed E-state index contributed by atoms with van der Waals surface area (Å²) >= 11 is 7.39. The molecule has 1 aromatic heterocycles. The molecule has 4 heteroatoms. The summed E-state index contributed by atoms with van der Waals surface area (Å²) in [6.07, 6.45) is 1.74. The first-order chi connectivity index (χ1) is 7.29. The van der Waals surface area contributed by atoms with Gasteiger partial charge in [-0.15, -0.1) is 0 Å². The van der Waals surface area contributed by atoms with E-state index in [1.54, 1.807) is 18.0 Å². The number of aromatic nitrogens is 1. The fourth-order valence-electron chi connectivity index (χ4n) is 1.20.